The van der Waals surface area contributed by atoms with Gasteiger partial charge in [0.1, 0.15) is 0 Å². The van der Waals surface area contributed by atoms with Crippen LogP contribution >= 0.6 is 0 Å². The van der Waals surface area contributed by atoms with E-state index < -0.39 is 0 Å². The highest BCUT2D eigenvalue weighted by molar-refractivity contribution is 5.95. The van der Waals surface area contributed by atoms with Gasteiger partial charge in [0.2, 0.25) is 5.91 Å². The molecule has 100 valence electrons. The summed E-state index contributed by atoms with van der Waals surface area (Å²) in [6.07, 6.45) is 1.09. The molecule has 0 heterocycles. The van der Waals surface area contributed by atoms with Gasteiger partial charge in [-0.3, -0.25) is 9.69 Å². The van der Waals surface area contributed by atoms with Crippen molar-refractivity contribution in [1.29, 1.82) is 0 Å². The predicted octanol–water partition coefficient (Wildman–Crippen LogP) is 2.19. The zero-order valence-corrected chi connectivity index (χ0v) is 11.4. The third-order valence-electron chi connectivity index (χ3n) is 2.74. The Morgan fingerprint density at radius 3 is 2.67 bits per heavy atom. The summed E-state index contributed by atoms with van der Waals surface area (Å²) in [6, 6.07) is 7.29. The maximum absolute atomic E-state index is 11.8. The number of benzene rings is 1. The van der Waals surface area contributed by atoms with Crippen LogP contribution in [-0.2, 0) is 4.79 Å². The van der Waals surface area contributed by atoms with E-state index in [1.54, 1.807) is 12.1 Å². The Balaban J connectivity index is 2.40. The SMILES string of the molecule is CC(C)CCN(C)CC(=O)Nc1ccccc1N. The average Bonchev–Trinajstić information content (AvgIpc) is 2.29. The highest BCUT2D eigenvalue weighted by atomic mass is 16.2. The molecule has 0 aliphatic heterocycles. The second-order valence-electron chi connectivity index (χ2n) is 5.06. The Hall–Kier alpha value is -1.55. The Bertz CT molecular complexity index is 390. The van der Waals surface area contributed by atoms with E-state index in [2.05, 4.69) is 19.2 Å². The summed E-state index contributed by atoms with van der Waals surface area (Å²) in [5.74, 6) is 0.624. The van der Waals surface area contributed by atoms with Crippen LogP contribution in [-0.4, -0.2) is 30.9 Å². The van der Waals surface area contributed by atoms with Crippen LogP contribution in [0.25, 0.3) is 0 Å². The van der Waals surface area contributed by atoms with E-state index in [0.29, 0.717) is 23.8 Å². The monoisotopic (exact) mass is 249 g/mol. The number of rotatable bonds is 6. The number of amides is 1. The first-order valence-corrected chi connectivity index (χ1v) is 6.32. The van der Waals surface area contributed by atoms with E-state index in [-0.39, 0.29) is 5.91 Å². The molecule has 0 saturated heterocycles. The number of carbonyl (C=O) groups excluding carboxylic acids is 1. The molecule has 1 aromatic rings. The molecular weight excluding hydrogens is 226 g/mol. The van der Waals surface area contributed by atoms with Crippen molar-refractivity contribution in [3.8, 4) is 0 Å². The lowest BCUT2D eigenvalue weighted by Crippen LogP contribution is -2.31. The van der Waals surface area contributed by atoms with Crippen molar-refractivity contribution in [3.05, 3.63) is 24.3 Å². The normalized spacial score (nSPS) is 10.9. The molecular formula is C14H23N3O. The molecule has 0 bridgehead atoms. The molecule has 4 nitrogen and oxygen atoms in total. The highest BCUT2D eigenvalue weighted by Gasteiger charge is 2.08. The fourth-order valence-corrected chi connectivity index (χ4v) is 1.60. The van der Waals surface area contributed by atoms with Gasteiger partial charge >= 0.3 is 0 Å². The topological polar surface area (TPSA) is 58.4 Å². The number of hydrogen-bond donors (Lipinski definition) is 2. The van der Waals surface area contributed by atoms with Crippen molar-refractivity contribution < 1.29 is 4.79 Å². The molecule has 0 spiro atoms. The molecule has 1 rings (SSSR count). The van der Waals surface area contributed by atoms with E-state index >= 15 is 0 Å². The van der Waals surface area contributed by atoms with Crippen LogP contribution in [0.4, 0.5) is 11.4 Å². The van der Waals surface area contributed by atoms with Gasteiger partial charge in [-0.05, 0) is 38.1 Å². The summed E-state index contributed by atoms with van der Waals surface area (Å²) >= 11 is 0. The van der Waals surface area contributed by atoms with Crippen LogP contribution in [0.3, 0.4) is 0 Å². The fraction of sp³-hybridized carbons (Fsp3) is 0.500. The average molecular weight is 249 g/mol. The van der Waals surface area contributed by atoms with Gasteiger partial charge in [-0.2, -0.15) is 0 Å². The minimum Gasteiger partial charge on any atom is -0.397 e. The zero-order valence-electron chi connectivity index (χ0n) is 11.4. The summed E-state index contributed by atoms with van der Waals surface area (Å²) in [5.41, 5.74) is 7.04. The molecule has 0 aromatic heterocycles. The minimum absolute atomic E-state index is 0.0286. The van der Waals surface area contributed by atoms with Crippen LogP contribution in [0.2, 0.25) is 0 Å². The van der Waals surface area contributed by atoms with Crippen molar-refractivity contribution in [2.45, 2.75) is 20.3 Å². The van der Waals surface area contributed by atoms with Gasteiger partial charge in [-0.1, -0.05) is 26.0 Å². The smallest absolute Gasteiger partial charge is 0.238 e. The molecule has 1 amide bonds. The van der Waals surface area contributed by atoms with E-state index in [9.17, 15) is 4.79 Å². The van der Waals surface area contributed by atoms with Crippen LogP contribution in [0.1, 0.15) is 20.3 Å². The first-order chi connectivity index (χ1) is 8.49. The summed E-state index contributed by atoms with van der Waals surface area (Å²) in [6.45, 7) is 5.67. The van der Waals surface area contributed by atoms with Crippen molar-refractivity contribution in [3.63, 3.8) is 0 Å². The van der Waals surface area contributed by atoms with Gasteiger partial charge < -0.3 is 11.1 Å². The number of anilines is 2. The maximum atomic E-state index is 11.8. The molecule has 0 atom stereocenters. The Labute approximate surface area is 109 Å². The van der Waals surface area contributed by atoms with Crippen molar-refractivity contribution in [1.82, 2.24) is 4.90 Å². The van der Waals surface area contributed by atoms with E-state index in [0.717, 1.165) is 13.0 Å². The van der Waals surface area contributed by atoms with Crippen LogP contribution < -0.4 is 11.1 Å². The van der Waals surface area contributed by atoms with E-state index in [4.69, 9.17) is 5.73 Å². The minimum atomic E-state index is -0.0286. The molecule has 0 aliphatic rings. The quantitative estimate of drug-likeness (QED) is 0.760. The summed E-state index contributed by atoms with van der Waals surface area (Å²) in [4.78, 5) is 13.8. The molecule has 3 N–H and O–H groups in total. The lowest BCUT2D eigenvalue weighted by Gasteiger charge is -2.17. The van der Waals surface area contributed by atoms with Gasteiger partial charge in [-0.15, -0.1) is 0 Å². The van der Waals surface area contributed by atoms with Crippen molar-refractivity contribution >= 4 is 17.3 Å². The third kappa shape index (κ3) is 5.19. The third-order valence-corrected chi connectivity index (χ3v) is 2.74. The second-order valence-corrected chi connectivity index (χ2v) is 5.06. The molecule has 0 fully saturated rings. The van der Waals surface area contributed by atoms with Gasteiger partial charge in [0.05, 0.1) is 17.9 Å². The Kier molecular flexibility index (Phi) is 5.65. The number of nitrogen functional groups attached to an aromatic ring is 1. The number of likely N-dealkylation sites (N-methyl/N-ethyl adjacent to an activating group) is 1. The largest absolute Gasteiger partial charge is 0.397 e. The number of hydrogen-bond acceptors (Lipinski definition) is 3. The zero-order chi connectivity index (χ0) is 13.5. The number of carbonyl (C=O) groups is 1. The lowest BCUT2D eigenvalue weighted by molar-refractivity contribution is -0.117. The van der Waals surface area contributed by atoms with Gasteiger partial charge in [-0.25, -0.2) is 0 Å². The van der Waals surface area contributed by atoms with Gasteiger partial charge in [0.25, 0.3) is 0 Å². The molecule has 0 radical (unpaired) electrons. The number of nitrogens with zero attached hydrogens (tertiary/aromatic N) is 1. The van der Waals surface area contributed by atoms with E-state index in [1.165, 1.54) is 0 Å². The summed E-state index contributed by atoms with van der Waals surface area (Å²) in [7, 11) is 1.95. The molecule has 18 heavy (non-hydrogen) atoms. The molecule has 0 aliphatic carbocycles. The van der Waals surface area contributed by atoms with E-state index in [1.807, 2.05) is 24.1 Å². The molecule has 0 unspecified atom stereocenters. The Morgan fingerprint density at radius 2 is 2.06 bits per heavy atom. The van der Waals surface area contributed by atoms with Crippen molar-refractivity contribution in [2.24, 2.45) is 5.92 Å². The van der Waals surface area contributed by atoms with Crippen LogP contribution in [0, 0.1) is 5.92 Å². The number of nitrogens with one attached hydrogen (secondary N) is 1. The molecule has 4 heteroatoms. The number of para-hydroxylation sites is 2. The van der Waals surface area contributed by atoms with Crippen molar-refractivity contribution in [2.75, 3.05) is 31.2 Å². The van der Waals surface area contributed by atoms with Crippen LogP contribution in [0.15, 0.2) is 24.3 Å². The summed E-state index contributed by atoms with van der Waals surface area (Å²) in [5, 5.41) is 2.82. The highest BCUT2D eigenvalue weighted by Crippen LogP contribution is 2.16. The predicted molar refractivity (Wildman–Crippen MR) is 76.4 cm³/mol. The second kappa shape index (κ2) is 7.01. The Morgan fingerprint density at radius 1 is 1.39 bits per heavy atom. The standard InChI is InChI=1S/C14H23N3O/c1-11(2)8-9-17(3)10-14(18)16-13-7-5-4-6-12(13)15/h4-7,11H,8-10,15H2,1-3H3,(H,16,18). The van der Waals surface area contributed by atoms with Gasteiger partial charge in [0.15, 0.2) is 0 Å². The van der Waals surface area contributed by atoms with Crippen LogP contribution in [0.5, 0.6) is 0 Å². The first-order valence-electron chi connectivity index (χ1n) is 6.32. The fourth-order valence-electron chi connectivity index (χ4n) is 1.60. The first kappa shape index (κ1) is 14.5. The summed E-state index contributed by atoms with van der Waals surface area (Å²) < 4.78 is 0. The number of nitrogens with two attached hydrogens (primary N) is 1. The maximum Gasteiger partial charge on any atom is 0.238 e. The van der Waals surface area contributed by atoms with Gasteiger partial charge in [0, 0.05) is 0 Å². The lowest BCUT2D eigenvalue weighted by atomic mass is 10.1. The molecule has 1 aromatic carbocycles. The molecule has 0 saturated carbocycles.